The molecule has 0 spiro atoms. The summed E-state index contributed by atoms with van der Waals surface area (Å²) in [5, 5.41) is 0. The Bertz CT molecular complexity index is 92.9. The zero-order valence-corrected chi connectivity index (χ0v) is 6.30. The normalized spacial score (nSPS) is 37.7. The number of hydrogen-bond donors (Lipinski definition) is 1. The van der Waals surface area contributed by atoms with Crippen LogP contribution < -0.4 is 5.73 Å². The van der Waals surface area contributed by atoms with Crippen molar-refractivity contribution in [3.8, 4) is 0 Å². The van der Waals surface area contributed by atoms with Crippen LogP contribution in [-0.4, -0.2) is 30.6 Å². The maximum atomic E-state index is 5.75. The molecule has 0 aromatic heterocycles. The topological polar surface area (TPSA) is 29.3 Å². The summed E-state index contributed by atoms with van der Waals surface area (Å²) in [7, 11) is 2.15. The first-order valence-corrected chi connectivity index (χ1v) is 3.70. The van der Waals surface area contributed by atoms with Crippen molar-refractivity contribution in [3.63, 3.8) is 0 Å². The van der Waals surface area contributed by atoms with Crippen LogP contribution in [0.2, 0.25) is 0 Å². The van der Waals surface area contributed by atoms with Crippen molar-refractivity contribution in [2.24, 2.45) is 5.73 Å². The van der Waals surface area contributed by atoms with Gasteiger partial charge < -0.3 is 10.6 Å². The van der Waals surface area contributed by atoms with E-state index in [9.17, 15) is 0 Å². The van der Waals surface area contributed by atoms with Gasteiger partial charge in [-0.25, -0.2) is 0 Å². The van der Waals surface area contributed by atoms with Crippen molar-refractivity contribution in [1.29, 1.82) is 0 Å². The van der Waals surface area contributed by atoms with Crippen molar-refractivity contribution in [2.45, 2.75) is 31.8 Å². The first-order valence-electron chi connectivity index (χ1n) is 3.70. The van der Waals surface area contributed by atoms with Crippen molar-refractivity contribution < 1.29 is 0 Å². The second-order valence-corrected chi connectivity index (χ2v) is 3.00. The smallest absolute Gasteiger partial charge is 0.0182 e. The first kappa shape index (κ1) is 7.03. The van der Waals surface area contributed by atoms with E-state index >= 15 is 0 Å². The number of rotatable bonds is 1. The maximum absolute atomic E-state index is 5.75. The summed E-state index contributed by atoms with van der Waals surface area (Å²) in [6.07, 6.45) is 2.43. The molecular weight excluding hydrogens is 112 g/mol. The molecule has 2 unspecified atom stereocenters. The molecule has 0 bridgehead atoms. The molecule has 2 heteroatoms. The van der Waals surface area contributed by atoms with E-state index in [2.05, 4.69) is 18.9 Å². The summed E-state index contributed by atoms with van der Waals surface area (Å²) in [5.41, 5.74) is 5.75. The molecule has 0 radical (unpaired) electrons. The highest BCUT2D eigenvalue weighted by Crippen LogP contribution is 2.15. The minimum atomic E-state index is 0.431. The van der Waals surface area contributed by atoms with Crippen LogP contribution in [0.5, 0.6) is 0 Å². The summed E-state index contributed by atoms with van der Waals surface area (Å²) in [6, 6.07) is 1.18. The fourth-order valence-electron chi connectivity index (χ4n) is 1.60. The van der Waals surface area contributed by atoms with Gasteiger partial charge in [0.2, 0.25) is 0 Å². The first-order chi connectivity index (χ1) is 4.24. The highest BCUT2D eigenvalue weighted by atomic mass is 15.2. The summed E-state index contributed by atoms with van der Waals surface area (Å²) >= 11 is 0. The van der Waals surface area contributed by atoms with Crippen LogP contribution in [0.1, 0.15) is 19.8 Å². The summed E-state index contributed by atoms with van der Waals surface area (Å²) in [6.45, 7) is 3.30. The molecule has 1 fully saturated rings. The lowest BCUT2D eigenvalue weighted by atomic mass is 10.1. The lowest BCUT2D eigenvalue weighted by Gasteiger charge is -2.15. The van der Waals surface area contributed by atoms with Crippen molar-refractivity contribution >= 4 is 0 Å². The van der Waals surface area contributed by atoms with Crippen LogP contribution in [-0.2, 0) is 0 Å². The quantitative estimate of drug-likeness (QED) is 0.555. The van der Waals surface area contributed by atoms with Crippen molar-refractivity contribution in [1.82, 2.24) is 4.90 Å². The lowest BCUT2D eigenvalue weighted by Crippen LogP contribution is -2.25. The van der Waals surface area contributed by atoms with E-state index in [0.717, 1.165) is 12.6 Å². The van der Waals surface area contributed by atoms with E-state index in [1.807, 2.05) is 0 Å². The number of hydrogen-bond acceptors (Lipinski definition) is 2. The largest absolute Gasteiger partial charge is 0.326 e. The predicted octanol–water partition coefficient (Wildman–Crippen LogP) is 0.428. The molecule has 1 saturated heterocycles. The zero-order chi connectivity index (χ0) is 6.85. The fraction of sp³-hybridized carbons (Fsp3) is 1.00. The maximum Gasteiger partial charge on any atom is 0.0182 e. The van der Waals surface area contributed by atoms with Gasteiger partial charge in [-0.3, -0.25) is 0 Å². The molecule has 0 amide bonds. The monoisotopic (exact) mass is 128 g/mol. The van der Waals surface area contributed by atoms with Crippen LogP contribution in [0.15, 0.2) is 0 Å². The lowest BCUT2D eigenvalue weighted by molar-refractivity contribution is 0.303. The molecule has 2 N–H and O–H groups in total. The molecule has 2 nitrogen and oxygen atoms in total. The number of nitrogens with two attached hydrogens (primary N) is 1. The minimum absolute atomic E-state index is 0.431. The van der Waals surface area contributed by atoms with E-state index in [0.29, 0.717) is 6.04 Å². The third-order valence-corrected chi connectivity index (χ3v) is 2.19. The standard InChI is InChI=1S/C7H16N2/c1-3-7-4-6(8)5-9(7)2/h6-7H,3-5,8H2,1-2H3. The van der Waals surface area contributed by atoms with Gasteiger partial charge in [0.25, 0.3) is 0 Å². The second kappa shape index (κ2) is 2.67. The van der Waals surface area contributed by atoms with E-state index in [4.69, 9.17) is 5.73 Å². The third-order valence-electron chi connectivity index (χ3n) is 2.19. The Morgan fingerprint density at radius 2 is 2.33 bits per heavy atom. The Kier molecular flexibility index (Phi) is 2.09. The van der Waals surface area contributed by atoms with Crippen LogP contribution in [0.25, 0.3) is 0 Å². The van der Waals surface area contributed by atoms with Gasteiger partial charge in [-0.15, -0.1) is 0 Å². The van der Waals surface area contributed by atoms with Gasteiger partial charge in [0.1, 0.15) is 0 Å². The third kappa shape index (κ3) is 1.43. The molecule has 0 aliphatic carbocycles. The molecule has 2 atom stereocenters. The van der Waals surface area contributed by atoms with Gasteiger partial charge in [0.05, 0.1) is 0 Å². The van der Waals surface area contributed by atoms with Crippen LogP contribution in [0.3, 0.4) is 0 Å². The Balaban J connectivity index is 2.38. The van der Waals surface area contributed by atoms with Gasteiger partial charge in [-0.05, 0) is 19.9 Å². The Morgan fingerprint density at radius 3 is 2.56 bits per heavy atom. The molecule has 1 rings (SSSR count). The molecule has 0 aromatic carbocycles. The van der Waals surface area contributed by atoms with Gasteiger partial charge in [-0.1, -0.05) is 6.92 Å². The molecule has 1 aliphatic rings. The SMILES string of the molecule is CCC1CC(N)CN1C. The Hall–Kier alpha value is -0.0800. The highest BCUT2D eigenvalue weighted by molar-refractivity contribution is 4.83. The predicted molar refractivity (Wildman–Crippen MR) is 39.3 cm³/mol. The molecular formula is C7H16N2. The number of likely N-dealkylation sites (tertiary alicyclic amines) is 1. The summed E-state index contributed by atoms with van der Waals surface area (Å²) < 4.78 is 0. The highest BCUT2D eigenvalue weighted by Gasteiger charge is 2.24. The molecule has 1 heterocycles. The molecule has 1 aliphatic heterocycles. The Morgan fingerprint density at radius 1 is 1.67 bits per heavy atom. The van der Waals surface area contributed by atoms with Crippen molar-refractivity contribution in [2.75, 3.05) is 13.6 Å². The minimum Gasteiger partial charge on any atom is -0.326 e. The molecule has 0 aromatic rings. The van der Waals surface area contributed by atoms with E-state index in [1.54, 1.807) is 0 Å². The van der Waals surface area contributed by atoms with Gasteiger partial charge >= 0.3 is 0 Å². The van der Waals surface area contributed by atoms with E-state index < -0.39 is 0 Å². The van der Waals surface area contributed by atoms with Crippen LogP contribution in [0, 0.1) is 0 Å². The van der Waals surface area contributed by atoms with Crippen molar-refractivity contribution in [3.05, 3.63) is 0 Å². The average molecular weight is 128 g/mol. The fourth-order valence-corrected chi connectivity index (χ4v) is 1.60. The van der Waals surface area contributed by atoms with E-state index in [1.165, 1.54) is 12.8 Å². The molecule has 0 saturated carbocycles. The van der Waals surface area contributed by atoms with E-state index in [-0.39, 0.29) is 0 Å². The van der Waals surface area contributed by atoms with Crippen LogP contribution >= 0.6 is 0 Å². The second-order valence-electron chi connectivity index (χ2n) is 3.00. The summed E-state index contributed by atoms with van der Waals surface area (Å²) in [4.78, 5) is 2.35. The van der Waals surface area contributed by atoms with Gasteiger partial charge in [-0.2, -0.15) is 0 Å². The molecule has 54 valence electrons. The molecule has 9 heavy (non-hydrogen) atoms. The number of likely N-dealkylation sites (N-methyl/N-ethyl adjacent to an activating group) is 1. The zero-order valence-electron chi connectivity index (χ0n) is 6.30. The number of nitrogens with zero attached hydrogens (tertiary/aromatic N) is 1. The summed E-state index contributed by atoms with van der Waals surface area (Å²) in [5.74, 6) is 0. The Labute approximate surface area is 57.0 Å². The van der Waals surface area contributed by atoms with Gasteiger partial charge in [0, 0.05) is 18.6 Å². The van der Waals surface area contributed by atoms with Gasteiger partial charge in [0.15, 0.2) is 0 Å². The van der Waals surface area contributed by atoms with Crippen LogP contribution in [0.4, 0.5) is 0 Å². The average Bonchev–Trinajstić information content (AvgIpc) is 2.10.